The van der Waals surface area contributed by atoms with E-state index in [1.807, 2.05) is 25.6 Å². The summed E-state index contributed by atoms with van der Waals surface area (Å²) in [6, 6.07) is 4.19. The molecule has 1 saturated carbocycles. The molecule has 0 spiro atoms. The van der Waals surface area contributed by atoms with Crippen LogP contribution in [0.5, 0.6) is 0 Å². The summed E-state index contributed by atoms with van der Waals surface area (Å²) in [5, 5.41) is 13.8. The molecule has 1 aliphatic carbocycles. The van der Waals surface area contributed by atoms with Crippen LogP contribution in [-0.2, 0) is 24.9 Å². The van der Waals surface area contributed by atoms with Crippen molar-refractivity contribution in [1.82, 2.24) is 25.0 Å². The van der Waals surface area contributed by atoms with Crippen molar-refractivity contribution in [2.24, 2.45) is 18.0 Å². The smallest absolute Gasteiger partial charge is 0.194 e. The summed E-state index contributed by atoms with van der Waals surface area (Å²) in [7, 11) is 4.01. The summed E-state index contributed by atoms with van der Waals surface area (Å²) in [4.78, 5) is 8.15. The summed E-state index contributed by atoms with van der Waals surface area (Å²) in [5.41, 5.74) is 0. The molecule has 1 N–H and O–H groups in total. The van der Waals surface area contributed by atoms with Crippen LogP contribution in [0.4, 0.5) is 0 Å². The summed E-state index contributed by atoms with van der Waals surface area (Å²) >= 11 is 1.74. The molecule has 1 fully saturated rings. The van der Waals surface area contributed by atoms with Gasteiger partial charge >= 0.3 is 0 Å². The zero-order valence-corrected chi connectivity index (χ0v) is 16.6. The number of nitrogens with zero attached hydrogens (tertiary/aromatic N) is 5. The first kappa shape index (κ1) is 18.8. The number of rotatable bonds is 9. The fourth-order valence-electron chi connectivity index (χ4n) is 2.47. The molecule has 142 valence electrons. The third-order valence-corrected chi connectivity index (χ3v) is 5.41. The van der Waals surface area contributed by atoms with Crippen LogP contribution in [0.25, 0.3) is 0 Å². The standard InChI is InChI=1S/C18H28N6OS/c1-14-21-22-17(24(14)3)12-20-18(19-11-16-5-4-10-26-16)23(2)8-9-25-13-15-6-7-15/h4-5,10,15H,6-9,11-13H2,1-3H3,(H,19,20). The molecule has 26 heavy (non-hydrogen) atoms. The molecular formula is C18H28N6OS. The van der Waals surface area contributed by atoms with Crippen molar-refractivity contribution in [3.05, 3.63) is 34.0 Å². The number of guanidine groups is 1. The molecule has 2 aromatic rings. The molecular weight excluding hydrogens is 348 g/mol. The maximum Gasteiger partial charge on any atom is 0.194 e. The summed E-state index contributed by atoms with van der Waals surface area (Å²) < 4.78 is 7.74. The zero-order valence-electron chi connectivity index (χ0n) is 15.8. The Kier molecular flexibility index (Phi) is 6.62. The predicted molar refractivity (Wildman–Crippen MR) is 104 cm³/mol. The van der Waals surface area contributed by atoms with Gasteiger partial charge in [0.2, 0.25) is 0 Å². The average molecular weight is 377 g/mol. The number of aryl methyl sites for hydroxylation is 1. The Balaban J connectivity index is 1.57. The van der Waals surface area contributed by atoms with Gasteiger partial charge in [-0.25, -0.2) is 4.99 Å². The molecule has 7 nitrogen and oxygen atoms in total. The number of likely N-dealkylation sites (N-methyl/N-ethyl adjacent to an activating group) is 1. The molecule has 0 aliphatic heterocycles. The van der Waals surface area contributed by atoms with Gasteiger partial charge in [-0.2, -0.15) is 0 Å². The summed E-state index contributed by atoms with van der Waals surface area (Å²) in [6.45, 7) is 5.62. The van der Waals surface area contributed by atoms with E-state index in [0.29, 0.717) is 6.54 Å². The molecule has 8 heteroatoms. The van der Waals surface area contributed by atoms with Gasteiger partial charge in [0.1, 0.15) is 12.4 Å². The van der Waals surface area contributed by atoms with Crippen molar-refractivity contribution in [3.63, 3.8) is 0 Å². The van der Waals surface area contributed by atoms with Crippen LogP contribution >= 0.6 is 11.3 Å². The van der Waals surface area contributed by atoms with Gasteiger partial charge in [0.25, 0.3) is 0 Å². The lowest BCUT2D eigenvalue weighted by Crippen LogP contribution is -2.40. The lowest BCUT2D eigenvalue weighted by Gasteiger charge is -2.22. The van der Waals surface area contributed by atoms with Crippen LogP contribution in [0.15, 0.2) is 22.5 Å². The fourth-order valence-corrected chi connectivity index (χ4v) is 3.11. The molecule has 0 bridgehead atoms. The van der Waals surface area contributed by atoms with Crippen molar-refractivity contribution in [2.45, 2.75) is 32.9 Å². The van der Waals surface area contributed by atoms with Gasteiger partial charge in [-0.3, -0.25) is 0 Å². The first-order valence-corrected chi connectivity index (χ1v) is 9.96. The van der Waals surface area contributed by atoms with Gasteiger partial charge in [-0.1, -0.05) is 6.07 Å². The number of nitrogens with one attached hydrogen (secondary N) is 1. The lowest BCUT2D eigenvalue weighted by atomic mass is 10.4. The third kappa shape index (κ3) is 5.54. The van der Waals surface area contributed by atoms with Gasteiger partial charge in [0.05, 0.1) is 13.2 Å². The number of hydrogen-bond donors (Lipinski definition) is 1. The maximum absolute atomic E-state index is 5.77. The Morgan fingerprint density at radius 1 is 1.46 bits per heavy atom. The van der Waals surface area contributed by atoms with Crippen LogP contribution in [0.1, 0.15) is 29.4 Å². The highest BCUT2D eigenvalue weighted by molar-refractivity contribution is 7.09. The highest BCUT2D eigenvalue weighted by atomic mass is 32.1. The number of aromatic nitrogens is 3. The average Bonchev–Trinajstić information content (AvgIpc) is 3.21. The Morgan fingerprint density at radius 3 is 2.96 bits per heavy atom. The summed E-state index contributed by atoms with van der Waals surface area (Å²) in [5.74, 6) is 3.40. The van der Waals surface area contributed by atoms with E-state index in [0.717, 1.165) is 49.8 Å². The maximum atomic E-state index is 5.77. The van der Waals surface area contributed by atoms with E-state index in [-0.39, 0.29) is 0 Å². The fraction of sp³-hybridized carbons (Fsp3) is 0.611. The molecule has 0 saturated heterocycles. The van der Waals surface area contributed by atoms with Gasteiger partial charge in [-0.05, 0) is 37.1 Å². The first-order chi connectivity index (χ1) is 12.6. The molecule has 0 aromatic carbocycles. The van der Waals surface area contributed by atoms with E-state index >= 15 is 0 Å². The van der Waals surface area contributed by atoms with Gasteiger partial charge < -0.3 is 19.5 Å². The Bertz CT molecular complexity index is 707. The van der Waals surface area contributed by atoms with Crippen LogP contribution in [0.2, 0.25) is 0 Å². The molecule has 2 aromatic heterocycles. The predicted octanol–water partition coefficient (Wildman–Crippen LogP) is 2.19. The number of thiophene rings is 1. The highest BCUT2D eigenvalue weighted by Gasteiger charge is 2.21. The monoisotopic (exact) mass is 376 g/mol. The minimum Gasteiger partial charge on any atom is -0.379 e. The Hall–Kier alpha value is -1.93. The Morgan fingerprint density at radius 2 is 2.31 bits per heavy atom. The van der Waals surface area contributed by atoms with Gasteiger partial charge in [0.15, 0.2) is 11.8 Å². The largest absolute Gasteiger partial charge is 0.379 e. The highest BCUT2D eigenvalue weighted by Crippen LogP contribution is 2.28. The quantitative estimate of drug-likeness (QED) is 0.413. The van der Waals surface area contributed by atoms with Crippen molar-refractivity contribution in [2.75, 3.05) is 26.8 Å². The molecule has 2 heterocycles. The second kappa shape index (κ2) is 9.14. The van der Waals surface area contributed by atoms with Crippen LogP contribution < -0.4 is 5.32 Å². The molecule has 3 rings (SSSR count). The van der Waals surface area contributed by atoms with E-state index in [1.165, 1.54) is 17.7 Å². The number of ether oxygens (including phenoxy) is 1. The third-order valence-electron chi connectivity index (χ3n) is 4.54. The lowest BCUT2D eigenvalue weighted by molar-refractivity contribution is 0.115. The molecule has 0 unspecified atom stereocenters. The van der Waals surface area contributed by atoms with E-state index < -0.39 is 0 Å². The van der Waals surface area contributed by atoms with E-state index in [2.05, 4.69) is 37.9 Å². The van der Waals surface area contributed by atoms with Crippen LogP contribution in [0, 0.1) is 12.8 Å². The number of hydrogen-bond acceptors (Lipinski definition) is 5. The first-order valence-electron chi connectivity index (χ1n) is 9.08. The normalized spacial score (nSPS) is 14.7. The minimum absolute atomic E-state index is 0.497. The van der Waals surface area contributed by atoms with E-state index in [1.54, 1.807) is 11.3 Å². The van der Waals surface area contributed by atoms with Crippen LogP contribution in [0.3, 0.4) is 0 Å². The molecule has 0 radical (unpaired) electrons. The molecule has 0 atom stereocenters. The molecule has 1 aliphatic rings. The van der Waals surface area contributed by atoms with Crippen molar-refractivity contribution < 1.29 is 4.74 Å². The van der Waals surface area contributed by atoms with Crippen molar-refractivity contribution >= 4 is 17.3 Å². The topological polar surface area (TPSA) is 67.6 Å². The zero-order chi connectivity index (χ0) is 18.4. The molecule has 0 amide bonds. The SMILES string of the molecule is Cc1nnc(CN=C(NCc2cccs2)N(C)CCOCC2CC2)n1C. The second-order valence-corrected chi connectivity index (χ2v) is 7.77. The van der Waals surface area contributed by atoms with E-state index in [4.69, 9.17) is 9.73 Å². The number of aliphatic imine (C=N–C) groups is 1. The summed E-state index contributed by atoms with van der Waals surface area (Å²) in [6.07, 6.45) is 2.64. The van der Waals surface area contributed by atoms with Crippen molar-refractivity contribution in [3.8, 4) is 0 Å². The van der Waals surface area contributed by atoms with Gasteiger partial charge in [-0.15, -0.1) is 21.5 Å². The van der Waals surface area contributed by atoms with Crippen LogP contribution in [-0.4, -0.2) is 52.4 Å². The van der Waals surface area contributed by atoms with Gasteiger partial charge in [0, 0.05) is 32.1 Å². The van der Waals surface area contributed by atoms with Crippen molar-refractivity contribution in [1.29, 1.82) is 0 Å². The Labute approximate surface area is 159 Å². The second-order valence-electron chi connectivity index (χ2n) is 6.74. The van der Waals surface area contributed by atoms with E-state index in [9.17, 15) is 0 Å². The minimum atomic E-state index is 0.497.